The molecule has 0 aliphatic heterocycles. The van der Waals surface area contributed by atoms with Crippen LogP contribution in [0.5, 0.6) is 0 Å². The van der Waals surface area contributed by atoms with E-state index in [1.165, 1.54) is 6.20 Å². The van der Waals surface area contributed by atoms with Gasteiger partial charge in [-0.15, -0.1) is 0 Å². The summed E-state index contributed by atoms with van der Waals surface area (Å²) in [5.41, 5.74) is 6.69. The number of pyridine rings is 1. The van der Waals surface area contributed by atoms with Crippen molar-refractivity contribution in [2.24, 2.45) is 0 Å². The molecule has 0 fully saturated rings. The molecule has 0 spiro atoms. The average molecular weight is 236 g/mol. The lowest BCUT2D eigenvalue weighted by atomic mass is 10.2. The van der Waals surface area contributed by atoms with Gasteiger partial charge in [0.2, 0.25) is 0 Å². The van der Waals surface area contributed by atoms with Crippen LogP contribution in [0.15, 0.2) is 18.5 Å². The summed E-state index contributed by atoms with van der Waals surface area (Å²) in [6.07, 6.45) is 4.04. The highest BCUT2D eigenvalue weighted by molar-refractivity contribution is 5.98. The van der Waals surface area contributed by atoms with Gasteiger partial charge in [-0.25, -0.2) is 0 Å². The van der Waals surface area contributed by atoms with Crippen LogP contribution in [-0.4, -0.2) is 54.9 Å². The van der Waals surface area contributed by atoms with Gasteiger partial charge in [0.1, 0.15) is 0 Å². The third kappa shape index (κ3) is 4.03. The van der Waals surface area contributed by atoms with Crippen LogP contribution in [-0.2, 0) is 0 Å². The van der Waals surface area contributed by atoms with Crippen molar-refractivity contribution < 1.29 is 4.79 Å². The molecular formula is C12H20N4O. The van der Waals surface area contributed by atoms with Crippen molar-refractivity contribution >= 4 is 11.6 Å². The van der Waals surface area contributed by atoms with Crippen molar-refractivity contribution in [1.82, 2.24) is 14.8 Å². The molecule has 0 aromatic carbocycles. The number of hydrogen-bond acceptors (Lipinski definition) is 4. The Hall–Kier alpha value is -1.62. The largest absolute Gasteiger partial charge is 0.398 e. The molecule has 5 nitrogen and oxygen atoms in total. The van der Waals surface area contributed by atoms with Crippen LogP contribution >= 0.6 is 0 Å². The smallest absolute Gasteiger partial charge is 0.257 e. The molecular weight excluding hydrogens is 216 g/mol. The van der Waals surface area contributed by atoms with Crippen molar-refractivity contribution in [3.05, 3.63) is 24.0 Å². The lowest BCUT2D eigenvalue weighted by Gasteiger charge is -2.19. The van der Waals surface area contributed by atoms with E-state index in [1.807, 2.05) is 14.1 Å². The van der Waals surface area contributed by atoms with Gasteiger partial charge in [-0.3, -0.25) is 9.78 Å². The van der Waals surface area contributed by atoms with E-state index in [-0.39, 0.29) is 5.91 Å². The summed E-state index contributed by atoms with van der Waals surface area (Å²) in [6.45, 7) is 1.67. The van der Waals surface area contributed by atoms with E-state index >= 15 is 0 Å². The van der Waals surface area contributed by atoms with Gasteiger partial charge in [0, 0.05) is 31.7 Å². The fourth-order valence-electron chi connectivity index (χ4n) is 1.52. The van der Waals surface area contributed by atoms with Crippen molar-refractivity contribution in [1.29, 1.82) is 0 Å². The summed E-state index contributed by atoms with van der Waals surface area (Å²) in [5, 5.41) is 0. The third-order valence-electron chi connectivity index (χ3n) is 2.53. The monoisotopic (exact) mass is 236 g/mol. The normalized spacial score (nSPS) is 10.6. The maximum Gasteiger partial charge on any atom is 0.257 e. The Labute approximate surface area is 102 Å². The van der Waals surface area contributed by atoms with Crippen molar-refractivity contribution in [2.45, 2.75) is 6.42 Å². The fraction of sp³-hybridized carbons (Fsp3) is 0.500. The standard InChI is InChI=1S/C12H20N4O/c1-15(2)7-4-8-16(3)12(17)10-9-14-6-5-11(10)13/h5-6,9H,4,7-8H2,1-3H3,(H2,13,14). The number of nitrogens with zero attached hydrogens (tertiary/aromatic N) is 3. The molecule has 2 N–H and O–H groups in total. The van der Waals surface area contributed by atoms with Crippen LogP contribution in [0.4, 0.5) is 5.69 Å². The van der Waals surface area contributed by atoms with Gasteiger partial charge in [0.15, 0.2) is 0 Å². The van der Waals surface area contributed by atoms with Gasteiger partial charge in [0.05, 0.1) is 5.56 Å². The molecule has 1 aromatic heterocycles. The molecule has 1 rings (SSSR count). The molecule has 0 aliphatic rings. The quantitative estimate of drug-likeness (QED) is 0.817. The predicted octanol–water partition coefficient (Wildman–Crippen LogP) is 0.687. The number of nitrogen functional groups attached to an aromatic ring is 1. The van der Waals surface area contributed by atoms with E-state index in [4.69, 9.17) is 5.73 Å². The van der Waals surface area contributed by atoms with E-state index in [1.54, 1.807) is 24.2 Å². The minimum Gasteiger partial charge on any atom is -0.398 e. The summed E-state index contributed by atoms with van der Waals surface area (Å²) < 4.78 is 0. The van der Waals surface area contributed by atoms with Gasteiger partial charge in [-0.1, -0.05) is 0 Å². The Kier molecular flexibility index (Phi) is 4.90. The average Bonchev–Trinajstić information content (AvgIpc) is 2.28. The van der Waals surface area contributed by atoms with Crippen LogP contribution in [0.25, 0.3) is 0 Å². The van der Waals surface area contributed by atoms with E-state index in [0.29, 0.717) is 17.8 Å². The number of carbonyl (C=O) groups excluding carboxylic acids is 1. The summed E-state index contributed by atoms with van der Waals surface area (Å²) >= 11 is 0. The molecule has 0 unspecified atom stereocenters. The van der Waals surface area contributed by atoms with Crippen molar-refractivity contribution in [2.75, 3.05) is 40.0 Å². The number of rotatable bonds is 5. The highest BCUT2D eigenvalue weighted by atomic mass is 16.2. The molecule has 0 bridgehead atoms. The van der Waals surface area contributed by atoms with Crippen LogP contribution in [0, 0.1) is 0 Å². The Morgan fingerprint density at radius 1 is 1.35 bits per heavy atom. The molecule has 0 saturated heterocycles. The highest BCUT2D eigenvalue weighted by Crippen LogP contribution is 2.11. The first-order chi connectivity index (χ1) is 8.02. The van der Waals surface area contributed by atoms with Gasteiger partial charge in [0.25, 0.3) is 5.91 Å². The highest BCUT2D eigenvalue weighted by Gasteiger charge is 2.14. The van der Waals surface area contributed by atoms with Gasteiger partial charge < -0.3 is 15.5 Å². The fourth-order valence-corrected chi connectivity index (χ4v) is 1.52. The molecule has 1 heterocycles. The molecule has 94 valence electrons. The topological polar surface area (TPSA) is 62.5 Å². The molecule has 1 amide bonds. The zero-order valence-electron chi connectivity index (χ0n) is 10.7. The van der Waals surface area contributed by atoms with Crippen LogP contribution in [0.2, 0.25) is 0 Å². The number of anilines is 1. The molecule has 0 radical (unpaired) electrons. The van der Waals surface area contributed by atoms with Gasteiger partial charge >= 0.3 is 0 Å². The number of carbonyl (C=O) groups is 1. The number of amides is 1. The maximum absolute atomic E-state index is 12.0. The zero-order valence-corrected chi connectivity index (χ0v) is 10.7. The Balaban J connectivity index is 2.55. The SMILES string of the molecule is CN(C)CCCN(C)C(=O)c1cnccc1N. The lowest BCUT2D eigenvalue weighted by molar-refractivity contribution is 0.0791. The van der Waals surface area contributed by atoms with Crippen LogP contribution in [0.3, 0.4) is 0 Å². The number of hydrogen-bond donors (Lipinski definition) is 1. The third-order valence-corrected chi connectivity index (χ3v) is 2.53. The second kappa shape index (κ2) is 6.20. The van der Waals surface area contributed by atoms with Crippen molar-refractivity contribution in [3.63, 3.8) is 0 Å². The van der Waals surface area contributed by atoms with Gasteiger partial charge in [-0.2, -0.15) is 0 Å². The molecule has 17 heavy (non-hydrogen) atoms. The Morgan fingerprint density at radius 3 is 2.65 bits per heavy atom. The first-order valence-electron chi connectivity index (χ1n) is 5.62. The summed E-state index contributed by atoms with van der Waals surface area (Å²) in [4.78, 5) is 19.7. The molecule has 5 heteroatoms. The maximum atomic E-state index is 12.0. The van der Waals surface area contributed by atoms with Crippen LogP contribution < -0.4 is 5.73 Å². The molecule has 1 aromatic rings. The number of nitrogens with two attached hydrogens (primary N) is 1. The van der Waals surface area contributed by atoms with Crippen molar-refractivity contribution in [3.8, 4) is 0 Å². The summed E-state index contributed by atoms with van der Waals surface area (Å²) in [6, 6.07) is 1.64. The Bertz CT molecular complexity index is 379. The zero-order chi connectivity index (χ0) is 12.8. The predicted molar refractivity (Wildman–Crippen MR) is 68.8 cm³/mol. The molecule has 0 aliphatic carbocycles. The van der Waals surface area contributed by atoms with Gasteiger partial charge in [-0.05, 0) is 33.1 Å². The van der Waals surface area contributed by atoms with E-state index in [2.05, 4.69) is 9.88 Å². The first-order valence-corrected chi connectivity index (χ1v) is 5.62. The second-order valence-electron chi connectivity index (χ2n) is 4.35. The lowest BCUT2D eigenvalue weighted by Crippen LogP contribution is -2.30. The Morgan fingerprint density at radius 2 is 2.06 bits per heavy atom. The van der Waals surface area contributed by atoms with Crippen LogP contribution in [0.1, 0.15) is 16.8 Å². The summed E-state index contributed by atoms with van der Waals surface area (Å²) in [5.74, 6) is -0.0747. The molecule has 0 saturated carbocycles. The summed E-state index contributed by atoms with van der Waals surface area (Å²) in [7, 11) is 5.81. The van der Waals surface area contributed by atoms with E-state index < -0.39 is 0 Å². The number of aromatic nitrogens is 1. The first kappa shape index (κ1) is 13.4. The van der Waals surface area contributed by atoms with E-state index in [9.17, 15) is 4.79 Å². The van der Waals surface area contributed by atoms with E-state index in [0.717, 1.165) is 13.0 Å². The molecule has 0 atom stereocenters. The minimum atomic E-state index is -0.0747. The minimum absolute atomic E-state index is 0.0747. The second-order valence-corrected chi connectivity index (χ2v) is 4.35.